The van der Waals surface area contributed by atoms with E-state index in [0.717, 1.165) is 6.07 Å². The van der Waals surface area contributed by atoms with Crippen LogP contribution in [0.3, 0.4) is 0 Å². The number of nitrogens with zero attached hydrogens (tertiary/aromatic N) is 1. The Bertz CT molecular complexity index is 854. The molecule has 1 fully saturated rings. The van der Waals surface area contributed by atoms with Gasteiger partial charge in [-0.05, 0) is 36.8 Å². The first-order valence-corrected chi connectivity index (χ1v) is 8.71. The van der Waals surface area contributed by atoms with Crippen LogP contribution in [0.1, 0.15) is 22.3 Å². The molecule has 1 atom stereocenters. The smallest absolute Gasteiger partial charge is 0.419 e. The van der Waals surface area contributed by atoms with Gasteiger partial charge in [0.05, 0.1) is 30.5 Å². The lowest BCUT2D eigenvalue weighted by Crippen LogP contribution is -2.23. The first kappa shape index (κ1) is 20.0. The number of hydrogen-bond donors (Lipinski definition) is 0. The number of carbonyl (C=O) groups excluding carboxylic acids is 1. The highest BCUT2D eigenvalue weighted by Crippen LogP contribution is 2.36. The Kier molecular flexibility index (Phi) is 5.76. The molecule has 1 heterocycles. The molecule has 0 radical (unpaired) electrons. The predicted octanol–water partition coefficient (Wildman–Crippen LogP) is 4.54. The second-order valence-corrected chi connectivity index (χ2v) is 6.56. The van der Waals surface area contributed by atoms with Gasteiger partial charge in [0.25, 0.3) is 0 Å². The Labute approximate surface area is 159 Å². The number of halogens is 4. The number of methoxy groups -OCH3 is 1. The molecule has 2 aromatic rings. The third-order valence-corrected chi connectivity index (χ3v) is 4.66. The number of alkyl halides is 3. The number of carbonyl (C=O) groups is 1. The second-order valence-electron chi connectivity index (χ2n) is 6.56. The largest absolute Gasteiger partial charge is 0.493 e. The van der Waals surface area contributed by atoms with Crippen molar-refractivity contribution in [1.29, 1.82) is 0 Å². The van der Waals surface area contributed by atoms with Crippen molar-refractivity contribution in [3.05, 3.63) is 59.4 Å². The maximum absolute atomic E-state index is 14.2. The fourth-order valence-electron chi connectivity index (χ4n) is 3.22. The lowest BCUT2D eigenvalue weighted by atomic mass is 10.1. The Morgan fingerprint density at radius 3 is 2.68 bits per heavy atom. The zero-order valence-corrected chi connectivity index (χ0v) is 15.1. The normalized spacial score (nSPS) is 16.9. The number of rotatable bonds is 5. The third-order valence-electron chi connectivity index (χ3n) is 4.66. The molecule has 0 aromatic heterocycles. The van der Waals surface area contributed by atoms with E-state index in [9.17, 15) is 22.4 Å². The molecule has 3 rings (SSSR count). The number of para-hydroxylation sites is 1. The van der Waals surface area contributed by atoms with E-state index in [1.807, 2.05) is 0 Å². The molecule has 0 amide bonds. The van der Waals surface area contributed by atoms with Gasteiger partial charge in [-0.25, -0.2) is 9.18 Å². The Balaban J connectivity index is 1.67. The SMILES string of the molecule is COC(=O)c1ccc(F)c(N2CC[C@H](COc3ccccc3C(F)(F)F)C2)c1. The van der Waals surface area contributed by atoms with Crippen LogP contribution in [-0.2, 0) is 10.9 Å². The number of benzene rings is 2. The predicted molar refractivity (Wildman–Crippen MR) is 95.0 cm³/mol. The van der Waals surface area contributed by atoms with E-state index in [1.54, 1.807) is 4.90 Å². The van der Waals surface area contributed by atoms with E-state index in [2.05, 4.69) is 4.74 Å². The minimum absolute atomic E-state index is 0.0672. The molecule has 0 spiro atoms. The first-order valence-electron chi connectivity index (χ1n) is 8.71. The summed E-state index contributed by atoms with van der Waals surface area (Å²) in [4.78, 5) is 13.4. The Morgan fingerprint density at radius 1 is 1.21 bits per heavy atom. The van der Waals surface area contributed by atoms with Gasteiger partial charge in [-0.2, -0.15) is 13.2 Å². The molecule has 150 valence electrons. The van der Waals surface area contributed by atoms with Crippen LogP contribution in [0, 0.1) is 11.7 Å². The van der Waals surface area contributed by atoms with Crippen molar-refractivity contribution >= 4 is 11.7 Å². The molecule has 0 unspecified atom stereocenters. The van der Waals surface area contributed by atoms with Gasteiger partial charge in [-0.1, -0.05) is 12.1 Å². The average Bonchev–Trinajstić information content (AvgIpc) is 3.14. The van der Waals surface area contributed by atoms with Crippen molar-refractivity contribution < 1.29 is 31.8 Å². The van der Waals surface area contributed by atoms with E-state index in [0.29, 0.717) is 19.5 Å². The molecule has 0 aliphatic carbocycles. The molecule has 8 heteroatoms. The van der Waals surface area contributed by atoms with Crippen molar-refractivity contribution in [2.45, 2.75) is 12.6 Å². The topological polar surface area (TPSA) is 38.8 Å². The summed E-state index contributed by atoms with van der Waals surface area (Å²) in [5, 5.41) is 0. The minimum atomic E-state index is -4.49. The summed E-state index contributed by atoms with van der Waals surface area (Å²) in [5.74, 6) is -1.32. The number of esters is 1. The summed E-state index contributed by atoms with van der Waals surface area (Å²) in [6, 6.07) is 9.02. The number of ether oxygens (including phenoxy) is 2. The zero-order valence-electron chi connectivity index (χ0n) is 15.1. The summed E-state index contributed by atoms with van der Waals surface area (Å²) in [7, 11) is 1.24. The van der Waals surface area contributed by atoms with Crippen LogP contribution < -0.4 is 9.64 Å². The van der Waals surface area contributed by atoms with Crippen molar-refractivity contribution in [3.63, 3.8) is 0 Å². The van der Waals surface area contributed by atoms with Crippen LogP contribution in [0.25, 0.3) is 0 Å². The van der Waals surface area contributed by atoms with Crippen molar-refractivity contribution in [1.82, 2.24) is 0 Å². The standard InChI is InChI=1S/C20H19F4NO3/c1-27-19(26)14-6-7-16(21)17(10-14)25-9-8-13(11-25)12-28-18-5-3-2-4-15(18)20(22,23)24/h2-7,10,13H,8-9,11-12H2,1H3/t13-/m0/s1. The van der Waals surface area contributed by atoms with Crippen molar-refractivity contribution in [2.24, 2.45) is 5.92 Å². The highest BCUT2D eigenvalue weighted by atomic mass is 19.4. The van der Waals surface area contributed by atoms with Gasteiger partial charge < -0.3 is 14.4 Å². The molecular formula is C20H19F4NO3. The zero-order chi connectivity index (χ0) is 20.3. The number of anilines is 1. The van der Waals surface area contributed by atoms with Gasteiger partial charge in [-0.15, -0.1) is 0 Å². The van der Waals surface area contributed by atoms with Crippen LogP contribution >= 0.6 is 0 Å². The fourth-order valence-corrected chi connectivity index (χ4v) is 3.22. The van der Waals surface area contributed by atoms with Crippen LogP contribution in [0.5, 0.6) is 5.75 Å². The molecule has 0 N–H and O–H groups in total. The maximum atomic E-state index is 14.2. The third kappa shape index (κ3) is 4.37. The lowest BCUT2D eigenvalue weighted by Gasteiger charge is -2.20. The summed E-state index contributed by atoms with van der Waals surface area (Å²) in [5.41, 5.74) is -0.319. The van der Waals surface area contributed by atoms with E-state index in [4.69, 9.17) is 4.74 Å². The molecular weight excluding hydrogens is 378 g/mol. The summed E-state index contributed by atoms with van der Waals surface area (Å²) >= 11 is 0. The van der Waals surface area contributed by atoms with Crippen molar-refractivity contribution in [3.8, 4) is 5.75 Å². The average molecular weight is 397 g/mol. The highest BCUT2D eigenvalue weighted by Gasteiger charge is 2.34. The minimum Gasteiger partial charge on any atom is -0.493 e. The van der Waals surface area contributed by atoms with Gasteiger partial charge in [0.15, 0.2) is 0 Å². The summed E-state index contributed by atoms with van der Waals surface area (Å²) in [6.45, 7) is 1.01. The quantitative estimate of drug-likeness (QED) is 0.549. The van der Waals surface area contributed by atoms with Gasteiger partial charge in [0.1, 0.15) is 11.6 Å². The molecule has 1 aliphatic rings. The molecule has 1 aliphatic heterocycles. The fraction of sp³-hybridized carbons (Fsp3) is 0.350. The van der Waals surface area contributed by atoms with E-state index in [1.165, 1.54) is 43.5 Å². The van der Waals surface area contributed by atoms with Crippen molar-refractivity contribution in [2.75, 3.05) is 31.7 Å². The van der Waals surface area contributed by atoms with Gasteiger partial charge in [0, 0.05) is 19.0 Å². The van der Waals surface area contributed by atoms with Crippen LogP contribution in [-0.4, -0.2) is 32.8 Å². The monoisotopic (exact) mass is 397 g/mol. The second kappa shape index (κ2) is 8.08. The van der Waals surface area contributed by atoms with E-state index >= 15 is 0 Å². The van der Waals surface area contributed by atoms with Gasteiger partial charge in [0.2, 0.25) is 0 Å². The molecule has 1 saturated heterocycles. The van der Waals surface area contributed by atoms with E-state index < -0.39 is 23.5 Å². The molecule has 28 heavy (non-hydrogen) atoms. The van der Waals surface area contributed by atoms with Crippen LogP contribution in [0.15, 0.2) is 42.5 Å². The molecule has 4 nitrogen and oxygen atoms in total. The molecule has 0 bridgehead atoms. The first-order chi connectivity index (χ1) is 13.3. The highest BCUT2D eigenvalue weighted by molar-refractivity contribution is 5.90. The summed E-state index contributed by atoms with van der Waals surface area (Å²) < 4.78 is 63.4. The number of hydrogen-bond acceptors (Lipinski definition) is 4. The van der Waals surface area contributed by atoms with Crippen LogP contribution in [0.2, 0.25) is 0 Å². The van der Waals surface area contributed by atoms with E-state index in [-0.39, 0.29) is 29.5 Å². The molecule has 2 aromatic carbocycles. The maximum Gasteiger partial charge on any atom is 0.419 e. The van der Waals surface area contributed by atoms with Crippen LogP contribution in [0.4, 0.5) is 23.2 Å². The van der Waals surface area contributed by atoms with Gasteiger partial charge >= 0.3 is 12.1 Å². The lowest BCUT2D eigenvalue weighted by molar-refractivity contribution is -0.139. The Morgan fingerprint density at radius 2 is 1.96 bits per heavy atom. The van der Waals surface area contributed by atoms with Gasteiger partial charge in [-0.3, -0.25) is 0 Å². The Hall–Kier alpha value is -2.77. The molecule has 0 saturated carbocycles. The summed E-state index contributed by atoms with van der Waals surface area (Å²) in [6.07, 6.45) is -3.86.